The van der Waals surface area contributed by atoms with E-state index in [-0.39, 0.29) is 18.4 Å². The van der Waals surface area contributed by atoms with Crippen molar-refractivity contribution in [2.75, 3.05) is 0 Å². The van der Waals surface area contributed by atoms with Gasteiger partial charge in [0, 0.05) is 17.8 Å². The van der Waals surface area contributed by atoms with Crippen LogP contribution in [0.15, 0.2) is 30.5 Å². The molecular formula is C10H14ClFN2. The Hall–Kier alpha value is -0.930. The molecule has 1 rings (SSSR count). The standard InChI is InChI=1S/C10H13FN2.ClH/c1-7(2)6-9(12)8-4-3-5-13-10(8)11;/h3-5,9H,1,6,12H2,2H3;1H/t9-;/m0./s1. The van der Waals surface area contributed by atoms with Crippen LogP contribution in [0.2, 0.25) is 0 Å². The predicted molar refractivity (Wildman–Crippen MR) is 57.8 cm³/mol. The zero-order chi connectivity index (χ0) is 9.84. The van der Waals surface area contributed by atoms with Gasteiger partial charge in [-0.05, 0) is 19.4 Å². The highest BCUT2D eigenvalue weighted by atomic mass is 35.5. The van der Waals surface area contributed by atoms with Crippen LogP contribution in [-0.2, 0) is 0 Å². The molecular weight excluding hydrogens is 203 g/mol. The van der Waals surface area contributed by atoms with Crippen LogP contribution in [-0.4, -0.2) is 4.98 Å². The van der Waals surface area contributed by atoms with Gasteiger partial charge in [-0.25, -0.2) is 4.98 Å². The number of nitrogens with two attached hydrogens (primary N) is 1. The number of hydrogen-bond donors (Lipinski definition) is 1. The molecule has 0 aliphatic heterocycles. The molecule has 78 valence electrons. The second-order valence-corrected chi connectivity index (χ2v) is 3.15. The predicted octanol–water partition coefficient (Wildman–Crippen LogP) is 2.61. The van der Waals surface area contributed by atoms with E-state index in [4.69, 9.17) is 5.73 Å². The van der Waals surface area contributed by atoms with E-state index < -0.39 is 5.95 Å². The monoisotopic (exact) mass is 216 g/mol. The van der Waals surface area contributed by atoms with Crippen LogP contribution >= 0.6 is 12.4 Å². The van der Waals surface area contributed by atoms with Gasteiger partial charge in [0.05, 0.1) is 0 Å². The van der Waals surface area contributed by atoms with E-state index in [1.165, 1.54) is 6.20 Å². The van der Waals surface area contributed by atoms with Crippen molar-refractivity contribution in [3.05, 3.63) is 42.0 Å². The molecule has 0 aromatic carbocycles. The van der Waals surface area contributed by atoms with Crippen LogP contribution in [0.1, 0.15) is 24.9 Å². The third kappa shape index (κ3) is 3.44. The molecule has 1 aromatic rings. The Bertz CT molecular complexity index is 315. The van der Waals surface area contributed by atoms with E-state index in [1.54, 1.807) is 12.1 Å². The van der Waals surface area contributed by atoms with Crippen LogP contribution in [0.3, 0.4) is 0 Å². The summed E-state index contributed by atoms with van der Waals surface area (Å²) in [5.41, 5.74) is 7.15. The van der Waals surface area contributed by atoms with Crippen LogP contribution in [0.4, 0.5) is 4.39 Å². The summed E-state index contributed by atoms with van der Waals surface area (Å²) in [6.45, 7) is 5.60. The number of aromatic nitrogens is 1. The zero-order valence-corrected chi connectivity index (χ0v) is 8.85. The maximum atomic E-state index is 13.1. The van der Waals surface area contributed by atoms with Crippen molar-refractivity contribution in [3.63, 3.8) is 0 Å². The van der Waals surface area contributed by atoms with Crippen molar-refractivity contribution in [2.24, 2.45) is 5.73 Å². The van der Waals surface area contributed by atoms with Gasteiger partial charge >= 0.3 is 0 Å². The molecule has 1 heterocycles. The lowest BCUT2D eigenvalue weighted by molar-refractivity contribution is 0.543. The Balaban J connectivity index is 0.00000169. The molecule has 4 heteroatoms. The molecule has 0 amide bonds. The minimum absolute atomic E-state index is 0. The van der Waals surface area contributed by atoms with E-state index in [9.17, 15) is 4.39 Å². The van der Waals surface area contributed by atoms with Crippen molar-refractivity contribution >= 4 is 12.4 Å². The first-order valence-corrected chi connectivity index (χ1v) is 4.11. The fourth-order valence-corrected chi connectivity index (χ4v) is 1.16. The van der Waals surface area contributed by atoms with Crippen molar-refractivity contribution in [1.29, 1.82) is 0 Å². The molecule has 14 heavy (non-hydrogen) atoms. The van der Waals surface area contributed by atoms with Crippen LogP contribution in [0.5, 0.6) is 0 Å². The second-order valence-electron chi connectivity index (χ2n) is 3.15. The molecule has 0 aliphatic carbocycles. The summed E-state index contributed by atoms with van der Waals surface area (Å²) in [5.74, 6) is -0.490. The van der Waals surface area contributed by atoms with Gasteiger partial charge in [-0.2, -0.15) is 4.39 Å². The zero-order valence-electron chi connectivity index (χ0n) is 8.03. The van der Waals surface area contributed by atoms with Crippen LogP contribution in [0.25, 0.3) is 0 Å². The molecule has 0 bridgehead atoms. The molecule has 2 nitrogen and oxygen atoms in total. The molecule has 1 atom stereocenters. The van der Waals surface area contributed by atoms with Crippen molar-refractivity contribution < 1.29 is 4.39 Å². The van der Waals surface area contributed by atoms with E-state index in [0.717, 1.165) is 5.57 Å². The largest absolute Gasteiger partial charge is 0.324 e. The normalized spacial score (nSPS) is 11.6. The highest BCUT2D eigenvalue weighted by molar-refractivity contribution is 5.85. The quantitative estimate of drug-likeness (QED) is 0.623. The van der Waals surface area contributed by atoms with Crippen molar-refractivity contribution in [2.45, 2.75) is 19.4 Å². The molecule has 0 radical (unpaired) electrons. The lowest BCUT2D eigenvalue weighted by Crippen LogP contribution is -2.12. The minimum Gasteiger partial charge on any atom is -0.324 e. The van der Waals surface area contributed by atoms with Crippen molar-refractivity contribution in [3.8, 4) is 0 Å². The summed E-state index contributed by atoms with van der Waals surface area (Å²) >= 11 is 0. The molecule has 1 aromatic heterocycles. The van der Waals surface area contributed by atoms with E-state index in [0.29, 0.717) is 12.0 Å². The third-order valence-electron chi connectivity index (χ3n) is 1.76. The van der Waals surface area contributed by atoms with Crippen molar-refractivity contribution in [1.82, 2.24) is 4.98 Å². The first-order valence-electron chi connectivity index (χ1n) is 4.11. The topological polar surface area (TPSA) is 38.9 Å². The highest BCUT2D eigenvalue weighted by Gasteiger charge is 2.11. The molecule has 0 spiro atoms. The first kappa shape index (κ1) is 13.1. The molecule has 0 unspecified atom stereocenters. The number of rotatable bonds is 3. The van der Waals surface area contributed by atoms with Gasteiger partial charge < -0.3 is 5.73 Å². The fourth-order valence-electron chi connectivity index (χ4n) is 1.16. The first-order chi connectivity index (χ1) is 6.11. The van der Waals surface area contributed by atoms with Gasteiger partial charge in [0.25, 0.3) is 0 Å². The van der Waals surface area contributed by atoms with Crippen LogP contribution < -0.4 is 5.73 Å². The van der Waals surface area contributed by atoms with E-state index >= 15 is 0 Å². The minimum atomic E-state index is -0.490. The SMILES string of the molecule is C=C(C)C[C@H](N)c1cccnc1F.Cl. The van der Waals surface area contributed by atoms with Gasteiger partial charge in [-0.15, -0.1) is 19.0 Å². The average Bonchev–Trinajstić information content (AvgIpc) is 2.03. The number of nitrogens with zero attached hydrogens (tertiary/aromatic N) is 1. The summed E-state index contributed by atoms with van der Waals surface area (Å²) in [4.78, 5) is 3.53. The van der Waals surface area contributed by atoms with E-state index in [1.807, 2.05) is 6.92 Å². The summed E-state index contributed by atoms with van der Waals surface area (Å²) in [7, 11) is 0. The molecule has 0 saturated carbocycles. The Morgan fingerprint density at radius 2 is 2.36 bits per heavy atom. The maximum Gasteiger partial charge on any atom is 0.217 e. The third-order valence-corrected chi connectivity index (χ3v) is 1.76. The molecule has 0 saturated heterocycles. The Morgan fingerprint density at radius 3 is 2.86 bits per heavy atom. The second kappa shape index (κ2) is 5.73. The Morgan fingerprint density at radius 1 is 1.71 bits per heavy atom. The van der Waals surface area contributed by atoms with Crippen LogP contribution in [0, 0.1) is 5.95 Å². The van der Waals surface area contributed by atoms with Gasteiger partial charge in [-0.1, -0.05) is 11.6 Å². The molecule has 2 N–H and O–H groups in total. The number of pyridine rings is 1. The van der Waals surface area contributed by atoms with E-state index in [2.05, 4.69) is 11.6 Å². The Kier molecular flexibility index (Phi) is 5.35. The van der Waals surface area contributed by atoms with Gasteiger partial charge in [-0.3, -0.25) is 0 Å². The lowest BCUT2D eigenvalue weighted by atomic mass is 10.0. The molecule has 0 fully saturated rings. The Labute approximate surface area is 89.4 Å². The summed E-state index contributed by atoms with van der Waals surface area (Å²) in [5, 5.41) is 0. The lowest BCUT2D eigenvalue weighted by Gasteiger charge is -2.11. The van der Waals surface area contributed by atoms with Gasteiger partial charge in [0.1, 0.15) is 0 Å². The molecule has 0 aliphatic rings. The smallest absolute Gasteiger partial charge is 0.217 e. The average molecular weight is 217 g/mol. The highest BCUT2D eigenvalue weighted by Crippen LogP contribution is 2.18. The van der Waals surface area contributed by atoms with Gasteiger partial charge in [0.15, 0.2) is 0 Å². The summed E-state index contributed by atoms with van der Waals surface area (Å²) < 4.78 is 13.1. The number of hydrogen-bond acceptors (Lipinski definition) is 2. The maximum absolute atomic E-state index is 13.1. The van der Waals surface area contributed by atoms with Gasteiger partial charge in [0.2, 0.25) is 5.95 Å². The number of halogens is 2. The summed E-state index contributed by atoms with van der Waals surface area (Å²) in [6, 6.07) is 2.98. The summed E-state index contributed by atoms with van der Waals surface area (Å²) in [6.07, 6.45) is 1.99. The fraction of sp³-hybridized carbons (Fsp3) is 0.300.